The number of carbonyl (C=O) groups is 1. The molecule has 158 valence electrons. The van der Waals surface area contributed by atoms with Crippen LogP contribution in [0.4, 0.5) is 5.13 Å². The molecule has 0 fully saturated rings. The van der Waals surface area contributed by atoms with E-state index in [4.69, 9.17) is 14.5 Å². The largest absolute Gasteiger partial charge is 0.497 e. The highest BCUT2D eigenvalue weighted by Gasteiger charge is 2.22. The Morgan fingerprint density at radius 1 is 0.968 bits per heavy atom. The monoisotopic (exact) mass is 432 g/mol. The Morgan fingerprint density at radius 2 is 1.71 bits per heavy atom. The Kier molecular flexibility index (Phi) is 6.18. The van der Waals surface area contributed by atoms with Crippen molar-refractivity contribution >= 4 is 32.6 Å². The Hall–Kier alpha value is -3.38. The minimum absolute atomic E-state index is 0.0894. The number of hydrogen-bond donors (Lipinski definition) is 0. The fourth-order valence-electron chi connectivity index (χ4n) is 3.31. The van der Waals surface area contributed by atoms with Gasteiger partial charge in [-0.3, -0.25) is 9.69 Å². The van der Waals surface area contributed by atoms with E-state index in [9.17, 15) is 4.79 Å². The third-order valence-electron chi connectivity index (χ3n) is 5.05. The van der Waals surface area contributed by atoms with Crippen molar-refractivity contribution in [3.05, 3.63) is 83.4 Å². The lowest BCUT2D eigenvalue weighted by Gasteiger charge is -2.20. The highest BCUT2D eigenvalue weighted by molar-refractivity contribution is 7.22. The van der Waals surface area contributed by atoms with Gasteiger partial charge in [-0.2, -0.15) is 0 Å². The maximum absolute atomic E-state index is 13.3. The first kappa shape index (κ1) is 20.9. The number of methoxy groups -OCH3 is 1. The maximum atomic E-state index is 13.3. The lowest BCUT2D eigenvalue weighted by Crippen LogP contribution is -2.34. The molecule has 0 bridgehead atoms. The first-order valence-corrected chi connectivity index (χ1v) is 10.8. The van der Waals surface area contributed by atoms with Gasteiger partial charge in [0.2, 0.25) is 0 Å². The van der Waals surface area contributed by atoms with Gasteiger partial charge in [-0.15, -0.1) is 0 Å². The number of anilines is 1. The molecule has 0 atom stereocenters. The van der Waals surface area contributed by atoms with E-state index in [1.54, 1.807) is 18.1 Å². The summed E-state index contributed by atoms with van der Waals surface area (Å²) in [4.78, 5) is 19.8. The van der Waals surface area contributed by atoms with Crippen LogP contribution in [0.15, 0.2) is 66.7 Å². The van der Waals surface area contributed by atoms with E-state index in [-0.39, 0.29) is 12.5 Å². The van der Waals surface area contributed by atoms with E-state index in [1.807, 2.05) is 55.5 Å². The Morgan fingerprint density at radius 3 is 2.45 bits per heavy atom. The van der Waals surface area contributed by atoms with Crippen LogP contribution >= 0.6 is 11.3 Å². The van der Waals surface area contributed by atoms with Gasteiger partial charge in [0.25, 0.3) is 5.91 Å². The van der Waals surface area contributed by atoms with Gasteiger partial charge in [0.15, 0.2) is 11.7 Å². The Bertz CT molecular complexity index is 1170. The number of amides is 1. The molecule has 0 radical (unpaired) electrons. The van der Waals surface area contributed by atoms with Crippen LogP contribution in [0.5, 0.6) is 11.5 Å². The zero-order valence-electron chi connectivity index (χ0n) is 17.8. The van der Waals surface area contributed by atoms with Crippen molar-refractivity contribution in [2.75, 3.05) is 18.6 Å². The van der Waals surface area contributed by atoms with Gasteiger partial charge < -0.3 is 9.47 Å². The number of aromatic nitrogens is 1. The van der Waals surface area contributed by atoms with Gasteiger partial charge in [-0.1, -0.05) is 59.9 Å². The van der Waals surface area contributed by atoms with Crippen LogP contribution in [0.2, 0.25) is 0 Å². The smallest absolute Gasteiger partial charge is 0.267 e. The maximum Gasteiger partial charge on any atom is 0.267 e. The summed E-state index contributed by atoms with van der Waals surface area (Å²) in [7, 11) is 1.60. The summed E-state index contributed by atoms with van der Waals surface area (Å²) in [6, 6.07) is 21.3. The number of aryl methyl sites for hydroxylation is 2. The van der Waals surface area contributed by atoms with Crippen molar-refractivity contribution in [2.45, 2.75) is 20.4 Å². The summed E-state index contributed by atoms with van der Waals surface area (Å²) in [6.45, 7) is 4.45. The molecular weight excluding hydrogens is 408 g/mol. The minimum atomic E-state index is -0.152. The standard InChI is InChI=1S/C25H24N2O3S/c1-17-12-13-18(2)24-23(17)26-25(31-24)27(15-19-8-5-4-6-9-19)22(28)16-30-21-11-7-10-20(14-21)29-3/h4-14H,15-16H2,1-3H3. The van der Waals surface area contributed by atoms with E-state index in [0.717, 1.165) is 26.9 Å². The summed E-state index contributed by atoms with van der Waals surface area (Å²) in [6.07, 6.45) is 0. The predicted octanol–water partition coefficient (Wildman–Crippen LogP) is 5.53. The average Bonchev–Trinajstić information content (AvgIpc) is 3.26. The molecule has 3 aromatic carbocycles. The summed E-state index contributed by atoms with van der Waals surface area (Å²) in [5.74, 6) is 1.12. The van der Waals surface area contributed by atoms with Gasteiger partial charge in [0, 0.05) is 6.07 Å². The molecule has 6 heteroatoms. The molecule has 1 amide bonds. The number of ether oxygens (including phenoxy) is 2. The van der Waals surface area contributed by atoms with Crippen LogP contribution in [-0.4, -0.2) is 24.6 Å². The number of hydrogen-bond acceptors (Lipinski definition) is 5. The normalized spacial score (nSPS) is 10.8. The third-order valence-corrected chi connectivity index (χ3v) is 6.26. The fraction of sp³-hybridized carbons (Fsp3) is 0.200. The number of nitrogens with zero attached hydrogens (tertiary/aromatic N) is 2. The van der Waals surface area contributed by atoms with Gasteiger partial charge >= 0.3 is 0 Å². The molecule has 0 saturated carbocycles. The van der Waals surface area contributed by atoms with Gasteiger partial charge in [0.1, 0.15) is 11.5 Å². The summed E-state index contributed by atoms with van der Waals surface area (Å²) in [5, 5.41) is 0.676. The second-order valence-corrected chi connectivity index (χ2v) is 8.28. The third kappa shape index (κ3) is 4.70. The van der Waals surface area contributed by atoms with Crippen LogP contribution in [0, 0.1) is 13.8 Å². The van der Waals surface area contributed by atoms with Crippen LogP contribution in [0.25, 0.3) is 10.2 Å². The number of carbonyl (C=O) groups excluding carboxylic acids is 1. The molecule has 0 aliphatic heterocycles. The van der Waals surface area contributed by atoms with E-state index >= 15 is 0 Å². The SMILES string of the molecule is COc1cccc(OCC(=O)N(Cc2ccccc2)c2nc3c(C)ccc(C)c3s2)c1. The van der Waals surface area contributed by atoms with Crippen molar-refractivity contribution < 1.29 is 14.3 Å². The van der Waals surface area contributed by atoms with Crippen LogP contribution < -0.4 is 14.4 Å². The van der Waals surface area contributed by atoms with E-state index in [0.29, 0.717) is 23.2 Å². The summed E-state index contributed by atoms with van der Waals surface area (Å²) >= 11 is 1.54. The predicted molar refractivity (Wildman–Crippen MR) is 125 cm³/mol. The number of rotatable bonds is 7. The second-order valence-electron chi connectivity index (χ2n) is 7.31. The lowest BCUT2D eigenvalue weighted by molar-refractivity contribution is -0.120. The summed E-state index contributed by atoms with van der Waals surface area (Å²) in [5.41, 5.74) is 4.23. The molecule has 4 aromatic rings. The van der Waals surface area contributed by atoms with Crippen molar-refractivity contribution in [1.29, 1.82) is 0 Å². The van der Waals surface area contributed by atoms with Crippen molar-refractivity contribution in [2.24, 2.45) is 0 Å². The Balaban J connectivity index is 1.63. The molecular formula is C25H24N2O3S. The molecule has 0 spiro atoms. The van der Waals surface area contributed by atoms with Crippen LogP contribution in [-0.2, 0) is 11.3 Å². The number of benzene rings is 3. The first-order valence-electron chi connectivity index (χ1n) is 10.0. The van der Waals surface area contributed by atoms with Crippen molar-refractivity contribution in [1.82, 2.24) is 4.98 Å². The van der Waals surface area contributed by atoms with E-state index in [2.05, 4.69) is 19.1 Å². The molecule has 5 nitrogen and oxygen atoms in total. The van der Waals surface area contributed by atoms with Crippen molar-refractivity contribution in [3.8, 4) is 11.5 Å². The van der Waals surface area contributed by atoms with Gasteiger partial charge in [0.05, 0.1) is 23.9 Å². The highest BCUT2D eigenvalue weighted by Crippen LogP contribution is 2.34. The Labute approximate surface area is 185 Å². The molecule has 0 aliphatic carbocycles. The zero-order chi connectivity index (χ0) is 21.8. The lowest BCUT2D eigenvalue weighted by atomic mass is 10.1. The fourth-order valence-corrected chi connectivity index (χ4v) is 4.43. The molecule has 0 saturated heterocycles. The summed E-state index contributed by atoms with van der Waals surface area (Å²) < 4.78 is 12.1. The molecule has 4 rings (SSSR count). The molecule has 1 aromatic heterocycles. The van der Waals surface area contributed by atoms with E-state index < -0.39 is 0 Å². The number of fused-ring (bicyclic) bond motifs is 1. The molecule has 1 heterocycles. The highest BCUT2D eigenvalue weighted by atomic mass is 32.1. The van der Waals surface area contributed by atoms with Crippen molar-refractivity contribution in [3.63, 3.8) is 0 Å². The zero-order valence-corrected chi connectivity index (χ0v) is 18.6. The van der Waals surface area contributed by atoms with Gasteiger partial charge in [-0.05, 0) is 42.7 Å². The van der Waals surface area contributed by atoms with E-state index in [1.165, 1.54) is 11.3 Å². The molecule has 0 N–H and O–H groups in total. The molecule has 0 unspecified atom stereocenters. The topological polar surface area (TPSA) is 51.7 Å². The minimum Gasteiger partial charge on any atom is -0.497 e. The van der Waals surface area contributed by atoms with Crippen LogP contribution in [0.3, 0.4) is 0 Å². The molecule has 0 aliphatic rings. The van der Waals surface area contributed by atoms with Gasteiger partial charge in [-0.25, -0.2) is 4.98 Å². The first-order chi connectivity index (χ1) is 15.0. The quantitative estimate of drug-likeness (QED) is 0.385. The average molecular weight is 433 g/mol. The molecule has 31 heavy (non-hydrogen) atoms. The second kappa shape index (κ2) is 9.18. The number of thiazole rings is 1. The van der Waals surface area contributed by atoms with Crippen LogP contribution in [0.1, 0.15) is 16.7 Å².